The van der Waals surface area contributed by atoms with Crippen molar-refractivity contribution in [2.45, 2.75) is 6.92 Å². The zero-order valence-electron chi connectivity index (χ0n) is 12.0. The van der Waals surface area contributed by atoms with Gasteiger partial charge in [0.1, 0.15) is 5.69 Å². The van der Waals surface area contributed by atoms with Gasteiger partial charge >= 0.3 is 0 Å². The first-order valence-electron chi connectivity index (χ1n) is 6.34. The molecule has 0 bridgehead atoms. The Morgan fingerprint density at radius 2 is 1.95 bits per heavy atom. The van der Waals surface area contributed by atoms with Crippen molar-refractivity contribution in [2.24, 2.45) is 0 Å². The summed E-state index contributed by atoms with van der Waals surface area (Å²) in [6.07, 6.45) is 0. The number of hydrogen-bond acceptors (Lipinski definition) is 6. The molecule has 1 aromatic carbocycles. The maximum atomic E-state index is 12.3. The van der Waals surface area contributed by atoms with Crippen LogP contribution in [0, 0.1) is 17.0 Å². The molecule has 2 N–H and O–H groups in total. The molecular weight excluding hydrogens is 276 g/mol. The minimum absolute atomic E-state index is 0.0529. The first-order valence-corrected chi connectivity index (χ1v) is 6.34. The monoisotopic (exact) mass is 292 g/mol. The molecule has 0 radical (unpaired) electrons. The quantitative estimate of drug-likeness (QED) is 0.377. The number of likely N-dealkylation sites (N-methyl/N-ethyl adjacent to an activating group) is 1. The summed E-state index contributed by atoms with van der Waals surface area (Å²) >= 11 is 0. The van der Waals surface area contributed by atoms with Crippen molar-refractivity contribution in [3.63, 3.8) is 0 Å². The van der Waals surface area contributed by atoms with Crippen molar-refractivity contribution in [1.29, 1.82) is 0 Å². The number of rotatable bonds is 4. The number of hydrogen-bond donors (Lipinski definition) is 1. The van der Waals surface area contributed by atoms with Gasteiger partial charge in [-0.2, -0.15) is 0 Å². The van der Waals surface area contributed by atoms with E-state index in [2.05, 4.69) is 0 Å². The van der Waals surface area contributed by atoms with E-state index in [1.165, 1.54) is 6.92 Å². The Kier molecular flexibility index (Phi) is 3.65. The molecule has 1 aromatic rings. The number of benzene rings is 1. The summed E-state index contributed by atoms with van der Waals surface area (Å²) in [7, 11) is 3.65. The number of imide groups is 1. The lowest BCUT2D eigenvalue weighted by Gasteiger charge is -2.16. The fourth-order valence-electron chi connectivity index (χ4n) is 2.29. The van der Waals surface area contributed by atoms with Gasteiger partial charge in [0.25, 0.3) is 17.5 Å². The number of carbonyl (C=O) groups is 2. The highest BCUT2D eigenvalue weighted by Gasteiger charge is 2.39. The normalized spacial score (nSPS) is 14.0. The van der Waals surface area contributed by atoms with Crippen LogP contribution in [0.25, 0.3) is 0 Å². The number of fused-ring (bicyclic) bond motifs is 1. The second-order valence-electron chi connectivity index (χ2n) is 5.18. The van der Waals surface area contributed by atoms with E-state index >= 15 is 0 Å². The molecule has 2 amide bonds. The summed E-state index contributed by atoms with van der Waals surface area (Å²) < 4.78 is 0. The van der Waals surface area contributed by atoms with Gasteiger partial charge in [0, 0.05) is 19.2 Å². The van der Waals surface area contributed by atoms with Crippen LogP contribution in [0.2, 0.25) is 0 Å². The molecule has 1 aliphatic rings. The Balaban J connectivity index is 2.49. The van der Waals surface area contributed by atoms with Crippen LogP contribution in [-0.2, 0) is 0 Å². The Labute approximate surface area is 121 Å². The van der Waals surface area contributed by atoms with E-state index < -0.39 is 16.7 Å². The smallest absolute Gasteiger partial charge is 0.293 e. The fraction of sp³-hybridized carbons (Fsp3) is 0.385. The lowest BCUT2D eigenvalue weighted by Crippen LogP contribution is -2.36. The van der Waals surface area contributed by atoms with Crippen molar-refractivity contribution in [3.8, 4) is 0 Å². The predicted molar refractivity (Wildman–Crippen MR) is 76.2 cm³/mol. The number of nitrogen functional groups attached to an aromatic ring is 1. The highest BCUT2D eigenvalue weighted by molar-refractivity contribution is 6.23. The molecule has 0 unspecified atom stereocenters. The van der Waals surface area contributed by atoms with Crippen molar-refractivity contribution >= 4 is 23.2 Å². The van der Waals surface area contributed by atoms with Crippen LogP contribution >= 0.6 is 0 Å². The SMILES string of the molecule is Cc1c(N)c([N+](=O)[O-])cc2c1C(=O)N(CCN(C)C)C2=O. The summed E-state index contributed by atoms with van der Waals surface area (Å²) in [4.78, 5) is 37.9. The van der Waals surface area contributed by atoms with E-state index in [9.17, 15) is 19.7 Å². The second-order valence-corrected chi connectivity index (χ2v) is 5.18. The minimum Gasteiger partial charge on any atom is -0.393 e. The van der Waals surface area contributed by atoms with Crippen molar-refractivity contribution < 1.29 is 14.5 Å². The summed E-state index contributed by atoms with van der Waals surface area (Å²) in [5.74, 6) is -0.959. The molecule has 0 saturated heterocycles. The number of nitrogens with two attached hydrogens (primary N) is 1. The Morgan fingerprint density at radius 3 is 2.48 bits per heavy atom. The molecule has 8 nitrogen and oxygen atoms in total. The van der Waals surface area contributed by atoms with Gasteiger partial charge < -0.3 is 10.6 Å². The molecule has 0 spiro atoms. The molecule has 0 aliphatic carbocycles. The standard InChI is InChI=1S/C13H16N4O4/c1-7-10-8(6-9(11(7)14)17(20)21)12(18)16(13(10)19)5-4-15(2)3/h6H,4-5,14H2,1-3H3. The van der Waals surface area contributed by atoms with Crippen LogP contribution in [0.3, 0.4) is 0 Å². The van der Waals surface area contributed by atoms with Gasteiger partial charge in [0.15, 0.2) is 0 Å². The zero-order chi connectivity index (χ0) is 15.9. The lowest BCUT2D eigenvalue weighted by molar-refractivity contribution is -0.384. The Hall–Kier alpha value is -2.48. The molecule has 0 saturated carbocycles. The first-order chi connectivity index (χ1) is 9.75. The highest BCUT2D eigenvalue weighted by Crippen LogP contribution is 2.35. The third-order valence-corrected chi connectivity index (χ3v) is 3.51. The van der Waals surface area contributed by atoms with Gasteiger partial charge in [0.2, 0.25) is 0 Å². The van der Waals surface area contributed by atoms with E-state index in [0.717, 1.165) is 11.0 Å². The van der Waals surface area contributed by atoms with Gasteiger partial charge in [-0.3, -0.25) is 24.6 Å². The molecule has 0 atom stereocenters. The number of anilines is 1. The van der Waals surface area contributed by atoms with Gasteiger partial charge in [0.05, 0.1) is 16.1 Å². The molecule has 1 aliphatic heterocycles. The van der Waals surface area contributed by atoms with Gasteiger partial charge in [-0.25, -0.2) is 0 Å². The van der Waals surface area contributed by atoms with Crippen LogP contribution in [0.15, 0.2) is 6.07 Å². The van der Waals surface area contributed by atoms with Crippen molar-refractivity contribution in [3.05, 3.63) is 32.9 Å². The number of nitro groups is 1. The Morgan fingerprint density at radius 1 is 1.33 bits per heavy atom. The van der Waals surface area contributed by atoms with E-state index in [1.807, 2.05) is 19.0 Å². The molecule has 8 heteroatoms. The van der Waals surface area contributed by atoms with E-state index in [1.54, 1.807) is 0 Å². The number of carbonyl (C=O) groups excluding carboxylic acids is 2. The summed E-state index contributed by atoms with van der Waals surface area (Å²) in [6.45, 7) is 2.26. The lowest BCUT2D eigenvalue weighted by atomic mass is 10.0. The van der Waals surface area contributed by atoms with Crippen molar-refractivity contribution in [2.75, 3.05) is 32.9 Å². The zero-order valence-corrected chi connectivity index (χ0v) is 12.0. The number of nitrogens with zero attached hydrogens (tertiary/aromatic N) is 3. The van der Waals surface area contributed by atoms with Crippen LogP contribution in [0.5, 0.6) is 0 Å². The maximum Gasteiger partial charge on any atom is 0.293 e. The van der Waals surface area contributed by atoms with Gasteiger partial charge in [-0.05, 0) is 26.6 Å². The molecule has 0 aromatic heterocycles. The number of amides is 2. The van der Waals surface area contributed by atoms with Crippen LogP contribution in [0.1, 0.15) is 26.3 Å². The second kappa shape index (κ2) is 5.13. The summed E-state index contributed by atoms with van der Waals surface area (Å²) in [5.41, 5.74) is 5.78. The molecule has 0 fully saturated rings. The molecule has 112 valence electrons. The topological polar surface area (TPSA) is 110 Å². The highest BCUT2D eigenvalue weighted by atomic mass is 16.6. The summed E-state index contributed by atoms with van der Waals surface area (Å²) in [6, 6.07) is 1.09. The van der Waals surface area contributed by atoms with E-state index in [-0.39, 0.29) is 34.6 Å². The third kappa shape index (κ3) is 2.33. The predicted octanol–water partition coefficient (Wildman–Crippen LogP) is 0.643. The average Bonchev–Trinajstić information content (AvgIpc) is 2.63. The van der Waals surface area contributed by atoms with Gasteiger partial charge in [-0.1, -0.05) is 0 Å². The number of nitro benzene ring substituents is 1. The van der Waals surface area contributed by atoms with E-state index in [0.29, 0.717) is 6.54 Å². The van der Waals surface area contributed by atoms with Gasteiger partial charge in [-0.15, -0.1) is 0 Å². The Bertz CT molecular complexity index is 654. The summed E-state index contributed by atoms with van der Waals surface area (Å²) in [5, 5.41) is 11.0. The largest absolute Gasteiger partial charge is 0.393 e. The first kappa shape index (κ1) is 14.9. The van der Waals surface area contributed by atoms with E-state index in [4.69, 9.17) is 5.73 Å². The average molecular weight is 292 g/mol. The van der Waals surface area contributed by atoms with Crippen LogP contribution in [0.4, 0.5) is 11.4 Å². The van der Waals surface area contributed by atoms with Crippen LogP contribution < -0.4 is 5.73 Å². The molecule has 2 rings (SSSR count). The molecular formula is C13H16N4O4. The molecule has 1 heterocycles. The fourth-order valence-corrected chi connectivity index (χ4v) is 2.29. The van der Waals surface area contributed by atoms with Crippen molar-refractivity contribution in [1.82, 2.24) is 9.80 Å². The molecule has 21 heavy (non-hydrogen) atoms. The van der Waals surface area contributed by atoms with Crippen LogP contribution in [-0.4, -0.2) is 53.7 Å². The minimum atomic E-state index is -0.650. The maximum absolute atomic E-state index is 12.3. The third-order valence-electron chi connectivity index (χ3n) is 3.51.